The van der Waals surface area contributed by atoms with Gasteiger partial charge in [-0.3, -0.25) is 9.59 Å². The average molecular weight is 547 g/mol. The van der Waals surface area contributed by atoms with Gasteiger partial charge >= 0.3 is 0 Å². The van der Waals surface area contributed by atoms with Gasteiger partial charge in [-0.1, -0.05) is 35.5 Å². The van der Waals surface area contributed by atoms with Gasteiger partial charge in [0.05, 0.1) is 25.3 Å². The summed E-state index contributed by atoms with van der Waals surface area (Å²) in [4.78, 5) is 32.8. The van der Waals surface area contributed by atoms with Gasteiger partial charge in [-0.15, -0.1) is 16.4 Å². The number of nitrogens with zero attached hydrogens (tertiary/aromatic N) is 5. The Morgan fingerprint density at radius 3 is 2.49 bits per heavy atom. The van der Waals surface area contributed by atoms with Gasteiger partial charge in [0, 0.05) is 29.2 Å². The fourth-order valence-corrected chi connectivity index (χ4v) is 5.45. The Morgan fingerprint density at radius 1 is 1.05 bits per heavy atom. The van der Waals surface area contributed by atoms with Crippen molar-refractivity contribution in [2.45, 2.75) is 45.4 Å². The van der Waals surface area contributed by atoms with E-state index in [1.54, 1.807) is 20.9 Å². The van der Waals surface area contributed by atoms with E-state index in [2.05, 4.69) is 20.5 Å². The SMILES string of the molecule is CC(C)(C)NC(=O)C(c1ccc(N2CCOCC2)cc1)N(Cc1cccs1)C(=O)Cn1nnc2ccccc21. The van der Waals surface area contributed by atoms with Crippen molar-refractivity contribution in [2.24, 2.45) is 0 Å². The minimum Gasteiger partial charge on any atom is -0.378 e. The summed E-state index contributed by atoms with van der Waals surface area (Å²) in [6.07, 6.45) is 0. The van der Waals surface area contributed by atoms with Crippen LogP contribution in [0.4, 0.5) is 5.69 Å². The molecule has 1 N–H and O–H groups in total. The van der Waals surface area contributed by atoms with Crippen molar-refractivity contribution in [1.29, 1.82) is 0 Å². The second-order valence-electron chi connectivity index (χ2n) is 10.7. The van der Waals surface area contributed by atoms with Crippen LogP contribution in [-0.4, -0.2) is 63.6 Å². The summed E-state index contributed by atoms with van der Waals surface area (Å²) in [5.74, 6) is -0.444. The monoisotopic (exact) mass is 546 g/mol. The summed E-state index contributed by atoms with van der Waals surface area (Å²) < 4.78 is 7.09. The van der Waals surface area contributed by atoms with Crippen LogP contribution in [0.3, 0.4) is 0 Å². The molecule has 1 fully saturated rings. The lowest BCUT2D eigenvalue weighted by Gasteiger charge is -2.34. The van der Waals surface area contributed by atoms with Gasteiger partial charge in [-0.2, -0.15) is 0 Å². The van der Waals surface area contributed by atoms with E-state index >= 15 is 0 Å². The molecule has 10 heteroatoms. The van der Waals surface area contributed by atoms with Crippen molar-refractivity contribution in [3.05, 3.63) is 76.5 Å². The van der Waals surface area contributed by atoms with Crippen molar-refractivity contribution in [3.8, 4) is 0 Å². The lowest BCUT2D eigenvalue weighted by Crippen LogP contribution is -2.49. The highest BCUT2D eigenvalue weighted by Gasteiger charge is 2.34. The maximum Gasteiger partial charge on any atom is 0.247 e. The number of hydrogen-bond donors (Lipinski definition) is 1. The zero-order valence-electron chi connectivity index (χ0n) is 22.5. The highest BCUT2D eigenvalue weighted by molar-refractivity contribution is 7.09. The minimum atomic E-state index is -0.827. The molecule has 5 rings (SSSR count). The van der Waals surface area contributed by atoms with Crippen LogP contribution in [0.2, 0.25) is 0 Å². The van der Waals surface area contributed by atoms with Gasteiger partial charge in [-0.25, -0.2) is 4.68 Å². The van der Waals surface area contributed by atoms with Crippen LogP contribution in [0.15, 0.2) is 66.0 Å². The first-order valence-corrected chi connectivity index (χ1v) is 14.0. The second kappa shape index (κ2) is 11.5. The molecule has 204 valence electrons. The number of aromatic nitrogens is 3. The van der Waals surface area contributed by atoms with Crippen LogP contribution in [0, 0.1) is 0 Å². The van der Waals surface area contributed by atoms with E-state index in [0.717, 1.165) is 40.3 Å². The molecule has 1 aliphatic heterocycles. The van der Waals surface area contributed by atoms with E-state index < -0.39 is 11.6 Å². The third-order valence-electron chi connectivity index (χ3n) is 6.58. The number of amides is 2. The summed E-state index contributed by atoms with van der Waals surface area (Å²) in [5.41, 5.74) is 2.84. The molecule has 2 aromatic carbocycles. The van der Waals surface area contributed by atoms with Crippen LogP contribution in [0.25, 0.3) is 11.0 Å². The fraction of sp³-hybridized carbons (Fsp3) is 0.379. The fourth-order valence-electron chi connectivity index (χ4n) is 4.75. The van der Waals surface area contributed by atoms with Crippen LogP contribution >= 0.6 is 11.3 Å². The molecule has 2 amide bonds. The normalized spacial score (nSPS) is 14.8. The molecule has 1 aliphatic rings. The molecule has 0 radical (unpaired) electrons. The molecular weight excluding hydrogens is 512 g/mol. The Bertz CT molecular complexity index is 1410. The molecule has 39 heavy (non-hydrogen) atoms. The van der Waals surface area contributed by atoms with Gasteiger partial charge in [-0.05, 0) is 62.0 Å². The standard InChI is InChI=1S/C29H34N6O3S/c1-29(2,3)30-28(37)27(21-10-12-22(13-11-21)33-14-16-38-17-15-33)34(19-23-7-6-18-39-23)26(36)20-35-25-9-5-4-8-24(25)31-32-35/h4-13,18,27H,14-17,19-20H2,1-3H3,(H,30,37). The van der Waals surface area contributed by atoms with Crippen LogP contribution < -0.4 is 10.2 Å². The van der Waals surface area contributed by atoms with E-state index in [1.165, 1.54) is 0 Å². The zero-order chi connectivity index (χ0) is 27.4. The first-order chi connectivity index (χ1) is 18.8. The Morgan fingerprint density at radius 2 is 1.79 bits per heavy atom. The Balaban J connectivity index is 1.50. The van der Waals surface area contributed by atoms with E-state index in [9.17, 15) is 9.59 Å². The number of morpholine rings is 1. The first-order valence-electron chi connectivity index (χ1n) is 13.1. The summed E-state index contributed by atoms with van der Waals surface area (Å²) in [7, 11) is 0. The quantitative estimate of drug-likeness (QED) is 0.359. The van der Waals surface area contributed by atoms with Gasteiger partial charge in [0.25, 0.3) is 0 Å². The maximum atomic E-state index is 14.0. The smallest absolute Gasteiger partial charge is 0.247 e. The molecule has 0 spiro atoms. The van der Waals surface area contributed by atoms with E-state index in [0.29, 0.717) is 19.8 Å². The maximum absolute atomic E-state index is 14.0. The highest BCUT2D eigenvalue weighted by atomic mass is 32.1. The molecule has 1 atom stereocenters. The van der Waals surface area contributed by atoms with Crippen molar-refractivity contribution >= 4 is 39.9 Å². The number of rotatable bonds is 8. The molecule has 2 aromatic heterocycles. The van der Waals surface area contributed by atoms with Gasteiger partial charge in [0.15, 0.2) is 0 Å². The lowest BCUT2D eigenvalue weighted by atomic mass is 10.0. The number of carbonyl (C=O) groups excluding carboxylic acids is 2. The third-order valence-corrected chi connectivity index (χ3v) is 7.44. The van der Waals surface area contributed by atoms with Crippen molar-refractivity contribution in [2.75, 3.05) is 31.2 Å². The summed E-state index contributed by atoms with van der Waals surface area (Å²) in [6.45, 7) is 9.12. The highest BCUT2D eigenvalue weighted by Crippen LogP contribution is 2.29. The molecule has 1 unspecified atom stereocenters. The largest absolute Gasteiger partial charge is 0.378 e. The average Bonchev–Trinajstić information content (AvgIpc) is 3.58. The molecular formula is C29H34N6O3S. The van der Waals surface area contributed by atoms with Crippen LogP contribution in [0.1, 0.15) is 37.3 Å². The molecule has 0 aliphatic carbocycles. The number of nitrogens with one attached hydrogen (secondary N) is 1. The van der Waals surface area contributed by atoms with E-state index in [4.69, 9.17) is 4.74 Å². The number of fused-ring (bicyclic) bond motifs is 1. The minimum absolute atomic E-state index is 0.0307. The number of ether oxygens (including phenoxy) is 1. The van der Waals surface area contributed by atoms with Gasteiger partial charge in [0.2, 0.25) is 11.8 Å². The Hall–Kier alpha value is -3.76. The number of hydrogen-bond acceptors (Lipinski definition) is 7. The zero-order valence-corrected chi connectivity index (χ0v) is 23.4. The summed E-state index contributed by atoms with van der Waals surface area (Å²) in [6, 6.07) is 18.6. The predicted molar refractivity (Wildman–Crippen MR) is 153 cm³/mol. The molecule has 9 nitrogen and oxygen atoms in total. The topological polar surface area (TPSA) is 92.6 Å². The Kier molecular flexibility index (Phi) is 7.94. The third kappa shape index (κ3) is 6.46. The molecule has 4 aromatic rings. The van der Waals surface area contributed by atoms with Crippen molar-refractivity contribution in [1.82, 2.24) is 25.2 Å². The summed E-state index contributed by atoms with van der Waals surface area (Å²) >= 11 is 1.56. The van der Waals surface area contributed by atoms with Crippen molar-refractivity contribution in [3.63, 3.8) is 0 Å². The lowest BCUT2D eigenvalue weighted by molar-refractivity contribution is -0.142. The number of thiophene rings is 1. The van der Waals surface area contributed by atoms with Gasteiger partial charge < -0.3 is 19.9 Å². The van der Waals surface area contributed by atoms with Crippen LogP contribution in [0.5, 0.6) is 0 Å². The Labute approximate surface area is 232 Å². The van der Waals surface area contributed by atoms with E-state index in [-0.39, 0.29) is 18.4 Å². The molecule has 1 saturated heterocycles. The number of para-hydroxylation sites is 1. The second-order valence-corrected chi connectivity index (χ2v) is 11.7. The number of carbonyl (C=O) groups is 2. The number of benzene rings is 2. The van der Waals surface area contributed by atoms with Gasteiger partial charge in [0.1, 0.15) is 18.1 Å². The molecule has 3 heterocycles. The van der Waals surface area contributed by atoms with E-state index in [1.807, 2.05) is 86.8 Å². The summed E-state index contributed by atoms with van der Waals surface area (Å²) in [5, 5.41) is 13.5. The predicted octanol–water partition coefficient (Wildman–Crippen LogP) is 4.01. The molecule has 0 saturated carbocycles. The van der Waals surface area contributed by atoms with Crippen LogP contribution in [-0.2, 0) is 27.4 Å². The first kappa shape index (κ1) is 26.8. The van der Waals surface area contributed by atoms with Crippen molar-refractivity contribution < 1.29 is 14.3 Å². The molecule has 0 bridgehead atoms. The number of anilines is 1.